The van der Waals surface area contributed by atoms with Gasteiger partial charge in [-0.1, -0.05) is 140 Å². The number of ketones is 1. The number of carbonyl (C=O) groups is 3. The second-order valence-corrected chi connectivity index (χ2v) is 27.7. The van der Waals surface area contributed by atoms with Crippen LogP contribution < -0.4 is 33.6 Å². The van der Waals surface area contributed by atoms with Gasteiger partial charge in [0.25, 0.3) is 5.91 Å². The van der Waals surface area contributed by atoms with Crippen LogP contribution in [0.15, 0.2) is 206 Å². The molecule has 10 aromatic rings. The van der Waals surface area contributed by atoms with Crippen molar-refractivity contribution in [1.29, 1.82) is 5.26 Å². The number of hydrogen-bond donors (Lipinski definition) is 13. The van der Waals surface area contributed by atoms with E-state index in [0.29, 0.717) is 76.3 Å². The molecular weight excluding hydrogens is 1810 g/mol. The van der Waals surface area contributed by atoms with Crippen LogP contribution in [-0.2, 0) is 30.4 Å². The molecule has 11 rings (SSSR count). The molecule has 1 fully saturated rings. The predicted octanol–water partition coefficient (Wildman–Crippen LogP) is 12.1. The van der Waals surface area contributed by atoms with Gasteiger partial charge in [0.1, 0.15) is 17.9 Å². The number of aromatic carboxylic acids is 1. The minimum atomic E-state index is -5.84. The number of carbonyl (C=O) groups excluding carboxylic acids is 2. The van der Waals surface area contributed by atoms with Crippen molar-refractivity contribution in [3.8, 4) is 17.4 Å². The fraction of sp³-hybridized carbons (Fsp3) is 0.203. The second kappa shape index (κ2) is 48.4. The summed E-state index contributed by atoms with van der Waals surface area (Å²) in [5, 5.41) is 60.7. The Labute approximate surface area is 705 Å². The van der Waals surface area contributed by atoms with Gasteiger partial charge in [-0.3, -0.25) is 23.2 Å². The molecule has 8 aromatic carbocycles. The number of carboxylic acid groups (broad SMARTS) is 1. The number of amides is 1. The Morgan fingerprint density at radius 3 is 1.36 bits per heavy atom. The minimum absolute atomic E-state index is 0. The van der Waals surface area contributed by atoms with E-state index in [1.54, 1.807) is 166 Å². The Balaban J connectivity index is 0.000000479. The average Bonchev–Trinajstić information content (AvgIpc) is 1.62. The zero-order chi connectivity index (χ0) is 88.4. The number of nitrogens with zero attached hydrogens (tertiary/aromatic N) is 6. The summed E-state index contributed by atoms with van der Waals surface area (Å²) in [4.78, 5) is 39.4. The molecule has 17 N–H and O–H groups in total. The van der Waals surface area contributed by atoms with Gasteiger partial charge in [-0.2, -0.15) is 80.2 Å². The van der Waals surface area contributed by atoms with Gasteiger partial charge in [-0.15, -0.1) is 0 Å². The molecule has 2 heterocycles. The smallest absolute Gasteiger partial charge is 0.477 e. The summed E-state index contributed by atoms with van der Waals surface area (Å²) in [5.74, 6) is -3.21. The van der Waals surface area contributed by atoms with Gasteiger partial charge in [0, 0.05) is 96.4 Å². The van der Waals surface area contributed by atoms with E-state index in [2.05, 4.69) is 25.7 Å². The first-order valence-electron chi connectivity index (χ1n) is 33.0. The van der Waals surface area contributed by atoms with E-state index in [-0.39, 0.29) is 97.8 Å². The normalized spacial score (nSPS) is 12.0. The van der Waals surface area contributed by atoms with Crippen LogP contribution in [0.5, 0.6) is 0 Å². The van der Waals surface area contributed by atoms with Crippen molar-refractivity contribution in [2.75, 3.05) is 49.6 Å². The van der Waals surface area contributed by atoms with Crippen LogP contribution in [0, 0.1) is 102 Å². The standard InChI is InChI=1S/C25H19FN4O2.C13H12FNO.C13H10FNO.C12H9N3O2.C4H13N3.C4H8O.3CHF3O3S.Yb/c1-16-14-22(30(29-16)19-11-6-10-18(15-19)27-2)25(32)28-21-13-7-12-20(23(21)26)24(31)17-8-4-3-5-9-17;2*14-12-10(7-4-8-11(12)15)13(16)9-5-2-1-3-6-9;1-8-5-11(12(16)17)15(14-8)10-4-2-3-9(6-10)7-13;5-1-3-7-4-2-6;5-3-4-1-2-4;3*2-1(3,4)8(5,6)7;/h3-15,24,31H,1H3,(H,28,32);1-8,13,16H,15H2;1-8H,15H2;2-6H,1H3,(H,16,17);7H,1-6H2;4-5H,1-3H2;3*(H,5,6,7);. The van der Waals surface area contributed by atoms with E-state index >= 15 is 4.39 Å². The number of aliphatic hydroxyl groups is 3. The summed E-state index contributed by atoms with van der Waals surface area (Å²) in [6.45, 7) is 14.2. The zero-order valence-electron chi connectivity index (χ0n) is 61.1. The van der Waals surface area contributed by atoms with Crippen LogP contribution in [-0.4, -0.2) is 146 Å². The Bertz CT molecular complexity index is 5260. The van der Waals surface area contributed by atoms with Crippen LogP contribution >= 0.6 is 0 Å². The zero-order valence-corrected chi connectivity index (χ0v) is 65.3. The summed E-state index contributed by atoms with van der Waals surface area (Å²) in [6, 6.07) is 58.2. The van der Waals surface area contributed by atoms with Crippen molar-refractivity contribution in [1.82, 2.24) is 24.9 Å². The van der Waals surface area contributed by atoms with Crippen molar-refractivity contribution in [3.63, 3.8) is 0 Å². The third kappa shape index (κ3) is 34.2. The van der Waals surface area contributed by atoms with Gasteiger partial charge in [-0.25, -0.2) is 32.2 Å². The molecular formula is C74H74F12N12O16S3Yb. The number of halogens is 12. The van der Waals surface area contributed by atoms with Crippen molar-refractivity contribution >= 4 is 70.8 Å². The van der Waals surface area contributed by atoms with E-state index in [4.69, 9.17) is 83.9 Å². The number of aliphatic hydroxyl groups excluding tert-OH is 3. The molecule has 2 atom stereocenters. The summed E-state index contributed by atoms with van der Waals surface area (Å²) < 4.78 is 218. The molecule has 44 heteroatoms. The number of nitrogen functional groups attached to an aromatic ring is 2. The Kier molecular flexibility index (Phi) is 42.5. The molecule has 642 valence electrons. The molecule has 28 nitrogen and oxygen atoms in total. The molecule has 1 amide bonds. The van der Waals surface area contributed by atoms with Crippen LogP contribution in [0.2, 0.25) is 0 Å². The average molecular weight is 1880 g/mol. The third-order valence-electron chi connectivity index (χ3n) is 14.5. The first kappa shape index (κ1) is 104. The quantitative estimate of drug-likeness (QED) is 0.00812. The van der Waals surface area contributed by atoms with Gasteiger partial charge < -0.3 is 54.0 Å². The van der Waals surface area contributed by atoms with E-state index in [9.17, 15) is 72.9 Å². The Hall–Kier alpha value is -10.5. The van der Waals surface area contributed by atoms with Gasteiger partial charge in [0.2, 0.25) is 0 Å². The number of nitrogens with two attached hydrogens (primary N) is 4. The van der Waals surface area contributed by atoms with Crippen molar-refractivity contribution in [3.05, 3.63) is 297 Å². The van der Waals surface area contributed by atoms with Crippen LogP contribution in [0.3, 0.4) is 0 Å². The summed E-state index contributed by atoms with van der Waals surface area (Å²) in [6.07, 6.45) is 0.370. The van der Waals surface area contributed by atoms with E-state index in [1.165, 1.54) is 64.7 Å². The molecule has 2 unspecified atom stereocenters. The van der Waals surface area contributed by atoms with E-state index in [0.717, 1.165) is 13.1 Å². The molecule has 1 aliphatic carbocycles. The van der Waals surface area contributed by atoms with Crippen LogP contribution in [0.25, 0.3) is 16.2 Å². The number of alkyl halides is 9. The van der Waals surface area contributed by atoms with Crippen LogP contribution in [0.1, 0.15) is 101 Å². The number of nitrogens with one attached hydrogen (secondary N) is 2. The molecule has 1 saturated carbocycles. The first-order chi connectivity index (χ1) is 54.6. The number of benzene rings is 8. The molecule has 118 heavy (non-hydrogen) atoms. The third-order valence-corrected chi connectivity index (χ3v) is 16.2. The maximum Gasteiger partial charge on any atom is 0.522 e. The van der Waals surface area contributed by atoms with Gasteiger partial charge >= 0.3 is 52.8 Å². The fourth-order valence-corrected chi connectivity index (χ4v) is 8.66. The van der Waals surface area contributed by atoms with Gasteiger partial charge in [0.15, 0.2) is 34.6 Å². The van der Waals surface area contributed by atoms with Gasteiger partial charge in [0.05, 0.1) is 63.6 Å². The summed E-state index contributed by atoms with van der Waals surface area (Å²) >= 11 is 0. The van der Waals surface area contributed by atoms with E-state index in [1.807, 2.05) is 18.2 Å². The molecule has 2 aromatic heterocycles. The number of aromatic nitrogens is 4. The monoisotopic (exact) mass is 1880 g/mol. The Morgan fingerprint density at radius 1 is 0.568 bits per heavy atom. The minimum Gasteiger partial charge on any atom is -0.477 e. The topological polar surface area (TPSA) is 487 Å². The fourth-order valence-electron chi connectivity index (χ4n) is 8.66. The molecule has 0 radical (unpaired) electrons. The predicted molar refractivity (Wildman–Crippen MR) is 405 cm³/mol. The molecule has 1 aliphatic rings. The number of anilines is 3. The van der Waals surface area contributed by atoms with Crippen molar-refractivity contribution < 1.29 is 173 Å². The molecule has 0 saturated heterocycles. The number of rotatable bonds is 16. The number of carboxylic acids is 1. The van der Waals surface area contributed by atoms with E-state index < -0.39 is 88.4 Å². The molecule has 0 bridgehead atoms. The Morgan fingerprint density at radius 2 is 0.958 bits per heavy atom. The molecule has 0 aliphatic heterocycles. The maximum absolute atomic E-state index is 15.2. The van der Waals surface area contributed by atoms with Crippen LogP contribution in [0.4, 0.5) is 75.4 Å². The molecule has 0 spiro atoms. The van der Waals surface area contributed by atoms with Crippen molar-refractivity contribution in [2.45, 2.75) is 55.4 Å². The maximum atomic E-state index is 15.2. The van der Waals surface area contributed by atoms with Gasteiger partial charge in [-0.05, 0) is 110 Å². The number of aryl methyl sites for hydroxylation is 2. The summed E-state index contributed by atoms with van der Waals surface area (Å²) in [7, 11) is -17.5. The number of hydrogen-bond acceptors (Lipinski definition) is 20. The number of nitriles is 1. The first-order valence-corrected chi connectivity index (χ1v) is 37.3. The largest absolute Gasteiger partial charge is 0.522 e. The SMILES string of the molecule is Cc1cc(C(=O)O)n(-c2cccc(C#N)c2)n1.NCCNCCN.Nc1cccc(C(=O)c2ccccc2)c1F.Nc1cccc(C(O)c2ccccc2)c1F.O=S(=O)(O)C(F)(F)F.O=S(=O)(O)C(F)(F)F.O=S(=O)(O)C(F)(F)F.OCC1CC1.[C-]#[N+]c1cccc(-n2nc(C)cc2C(=O)Nc2cccc(C(O)c3ccccc3)c2F)c1.[Yb]. The second-order valence-electron chi connectivity index (χ2n) is 23.4. The summed E-state index contributed by atoms with van der Waals surface area (Å²) in [5.41, 5.74) is 9.95. The van der Waals surface area contributed by atoms with Crippen molar-refractivity contribution in [2.24, 2.45) is 17.4 Å².